The number of fused-ring (bicyclic) bond motifs is 1. The molecule has 0 aliphatic carbocycles. The van der Waals surface area contributed by atoms with Crippen LogP contribution in [0.15, 0.2) is 66.8 Å². The van der Waals surface area contributed by atoms with E-state index < -0.39 is 17.7 Å². The van der Waals surface area contributed by atoms with Crippen LogP contribution in [0.4, 0.5) is 0 Å². The lowest BCUT2D eigenvalue weighted by molar-refractivity contribution is -0.139. The predicted molar refractivity (Wildman–Crippen MR) is 124 cm³/mol. The normalized spacial score (nSPS) is 19.0. The van der Waals surface area contributed by atoms with E-state index in [-0.39, 0.29) is 11.3 Å². The van der Waals surface area contributed by atoms with E-state index >= 15 is 0 Å². The van der Waals surface area contributed by atoms with E-state index in [1.54, 1.807) is 35.6 Å². The number of nitrogens with zero attached hydrogens (tertiary/aromatic N) is 3. The Kier molecular flexibility index (Phi) is 5.79. The summed E-state index contributed by atoms with van der Waals surface area (Å²) >= 11 is 0. The smallest absolute Gasteiger partial charge is 0.295 e. The van der Waals surface area contributed by atoms with Gasteiger partial charge in [-0.3, -0.25) is 9.59 Å². The Morgan fingerprint density at radius 2 is 1.82 bits per heavy atom. The molecule has 3 aromatic rings. The van der Waals surface area contributed by atoms with Crippen molar-refractivity contribution in [2.75, 3.05) is 19.8 Å². The van der Waals surface area contributed by atoms with Crippen molar-refractivity contribution in [3.63, 3.8) is 0 Å². The summed E-state index contributed by atoms with van der Waals surface area (Å²) in [4.78, 5) is 31.9. The largest absolute Gasteiger partial charge is 0.507 e. The number of likely N-dealkylation sites (tertiary alicyclic amines) is 1. The predicted octanol–water partition coefficient (Wildman–Crippen LogP) is 3.47. The molecule has 5 rings (SSSR count). The number of hydrogen-bond donors (Lipinski definition) is 1. The number of hydrogen-bond acceptors (Lipinski definition) is 6. The summed E-state index contributed by atoms with van der Waals surface area (Å²) in [5.41, 5.74) is 2.31. The number of aromatic nitrogens is 2. The van der Waals surface area contributed by atoms with E-state index in [0.29, 0.717) is 49.8 Å². The average Bonchev–Trinajstić information content (AvgIpc) is 3.46. The van der Waals surface area contributed by atoms with Crippen LogP contribution in [0.2, 0.25) is 0 Å². The second-order valence-electron chi connectivity index (χ2n) is 8.42. The van der Waals surface area contributed by atoms with E-state index in [1.807, 2.05) is 42.0 Å². The maximum Gasteiger partial charge on any atom is 0.295 e. The molecule has 3 heterocycles. The van der Waals surface area contributed by atoms with Crippen molar-refractivity contribution in [2.24, 2.45) is 0 Å². The van der Waals surface area contributed by atoms with Crippen molar-refractivity contribution in [1.29, 1.82) is 0 Å². The number of ketones is 1. The highest BCUT2D eigenvalue weighted by atomic mass is 16.6. The summed E-state index contributed by atoms with van der Waals surface area (Å²) in [5.74, 6) is -0.455. The van der Waals surface area contributed by atoms with Gasteiger partial charge in [0.1, 0.15) is 19.0 Å². The number of amides is 1. The summed E-state index contributed by atoms with van der Waals surface area (Å²) in [7, 11) is 0. The zero-order chi connectivity index (χ0) is 23.7. The van der Waals surface area contributed by atoms with Gasteiger partial charge in [-0.2, -0.15) is 0 Å². The van der Waals surface area contributed by atoms with Gasteiger partial charge in [-0.25, -0.2) is 4.98 Å². The van der Waals surface area contributed by atoms with E-state index in [1.165, 1.54) is 0 Å². The van der Waals surface area contributed by atoms with Crippen molar-refractivity contribution in [3.05, 3.63) is 83.4 Å². The molecule has 0 spiro atoms. The summed E-state index contributed by atoms with van der Waals surface area (Å²) in [5, 5.41) is 11.3. The fourth-order valence-electron chi connectivity index (χ4n) is 4.39. The molecular formula is C26H25N3O5. The molecule has 0 radical (unpaired) electrons. The monoisotopic (exact) mass is 459 g/mol. The molecule has 2 aliphatic heterocycles. The summed E-state index contributed by atoms with van der Waals surface area (Å²) in [6, 6.07) is 12.0. The standard InChI is InChI=1S/C26H25N3O5/c1-17-3-5-18(6-4-17)23-22(24(30)19-7-8-20-21(15-19)34-14-13-33-20)25(31)26(32)29(23)11-2-10-28-12-9-27-16-28/h3-9,12,15-16,23,30H,2,10-11,13-14H2,1H3/b24-22+/t23-/m0/s1. The van der Waals surface area contributed by atoms with Gasteiger partial charge in [0.25, 0.3) is 11.7 Å². The number of aliphatic hydroxyl groups excluding tert-OH is 1. The second kappa shape index (κ2) is 9.05. The third-order valence-electron chi connectivity index (χ3n) is 6.12. The van der Waals surface area contributed by atoms with E-state index in [9.17, 15) is 14.7 Å². The number of aryl methyl sites for hydroxylation is 2. The molecule has 1 aromatic heterocycles. The molecule has 1 saturated heterocycles. The maximum absolute atomic E-state index is 13.2. The van der Waals surface area contributed by atoms with Crippen LogP contribution in [0.5, 0.6) is 11.5 Å². The number of carbonyl (C=O) groups is 2. The van der Waals surface area contributed by atoms with Crippen molar-refractivity contribution in [3.8, 4) is 11.5 Å². The fourth-order valence-corrected chi connectivity index (χ4v) is 4.39. The van der Waals surface area contributed by atoms with Gasteiger partial charge in [0.05, 0.1) is 17.9 Å². The molecule has 1 fully saturated rings. The molecule has 34 heavy (non-hydrogen) atoms. The molecular weight excluding hydrogens is 434 g/mol. The highest BCUT2D eigenvalue weighted by Crippen LogP contribution is 2.41. The topological polar surface area (TPSA) is 93.9 Å². The Morgan fingerprint density at radius 1 is 1.06 bits per heavy atom. The molecule has 174 valence electrons. The second-order valence-corrected chi connectivity index (χ2v) is 8.42. The van der Waals surface area contributed by atoms with Crippen molar-refractivity contribution < 1.29 is 24.2 Å². The SMILES string of the molecule is Cc1ccc([C@H]2/C(=C(\O)c3ccc4c(c3)OCCO4)C(=O)C(=O)N2CCCn2ccnc2)cc1. The van der Waals surface area contributed by atoms with Crippen LogP contribution < -0.4 is 9.47 Å². The first-order chi connectivity index (χ1) is 16.5. The zero-order valence-electron chi connectivity index (χ0n) is 18.8. The van der Waals surface area contributed by atoms with Gasteiger partial charge in [0, 0.05) is 31.0 Å². The highest BCUT2D eigenvalue weighted by molar-refractivity contribution is 6.46. The Morgan fingerprint density at radius 3 is 2.56 bits per heavy atom. The number of aliphatic hydroxyl groups is 1. The molecule has 1 amide bonds. The van der Waals surface area contributed by atoms with Crippen LogP contribution in [-0.2, 0) is 16.1 Å². The van der Waals surface area contributed by atoms with E-state index in [0.717, 1.165) is 11.1 Å². The quantitative estimate of drug-likeness (QED) is 0.345. The number of rotatable bonds is 6. The fraction of sp³-hybridized carbons (Fsp3) is 0.269. The van der Waals surface area contributed by atoms with Crippen LogP contribution in [-0.4, -0.2) is 51.0 Å². The molecule has 0 bridgehead atoms. The van der Waals surface area contributed by atoms with Gasteiger partial charge in [-0.1, -0.05) is 29.8 Å². The van der Waals surface area contributed by atoms with Crippen molar-refractivity contribution in [1.82, 2.24) is 14.5 Å². The van der Waals surface area contributed by atoms with Crippen LogP contribution in [0, 0.1) is 6.92 Å². The third kappa shape index (κ3) is 4.03. The minimum Gasteiger partial charge on any atom is -0.507 e. The zero-order valence-corrected chi connectivity index (χ0v) is 18.8. The first-order valence-electron chi connectivity index (χ1n) is 11.2. The van der Waals surface area contributed by atoms with Crippen LogP contribution in [0.25, 0.3) is 5.76 Å². The Hall–Kier alpha value is -4.07. The van der Waals surface area contributed by atoms with Crippen LogP contribution in [0.3, 0.4) is 0 Å². The number of carbonyl (C=O) groups excluding carboxylic acids is 2. The van der Waals surface area contributed by atoms with Gasteiger partial charge in [0.15, 0.2) is 11.5 Å². The Balaban J connectivity index is 1.53. The summed E-state index contributed by atoms with van der Waals surface area (Å²) < 4.78 is 13.1. The lowest BCUT2D eigenvalue weighted by Crippen LogP contribution is -2.31. The van der Waals surface area contributed by atoms with Crippen molar-refractivity contribution in [2.45, 2.75) is 25.9 Å². The lowest BCUT2D eigenvalue weighted by atomic mass is 9.94. The number of ether oxygens (including phenoxy) is 2. The van der Waals surface area contributed by atoms with Crippen molar-refractivity contribution >= 4 is 17.4 Å². The maximum atomic E-state index is 13.2. The first kappa shape index (κ1) is 21.8. The summed E-state index contributed by atoms with van der Waals surface area (Å²) in [6.07, 6.45) is 5.91. The molecule has 0 saturated carbocycles. The van der Waals surface area contributed by atoms with Gasteiger partial charge >= 0.3 is 0 Å². The minimum absolute atomic E-state index is 0.0770. The van der Waals surface area contributed by atoms with Gasteiger partial charge < -0.3 is 24.0 Å². The molecule has 1 atom stereocenters. The number of Topliss-reactive ketones (excluding diaryl/α,β-unsaturated/α-hetero) is 1. The molecule has 2 aliphatic rings. The van der Waals surface area contributed by atoms with E-state index in [4.69, 9.17) is 9.47 Å². The number of benzene rings is 2. The Bertz CT molecular complexity index is 1250. The minimum atomic E-state index is -0.694. The molecule has 8 heteroatoms. The highest BCUT2D eigenvalue weighted by Gasteiger charge is 2.45. The Labute approximate surface area is 197 Å². The van der Waals surface area contributed by atoms with Crippen LogP contribution >= 0.6 is 0 Å². The molecule has 8 nitrogen and oxygen atoms in total. The van der Waals surface area contributed by atoms with Crippen LogP contribution in [0.1, 0.15) is 29.2 Å². The average molecular weight is 460 g/mol. The van der Waals surface area contributed by atoms with Gasteiger partial charge in [-0.05, 0) is 37.1 Å². The third-order valence-corrected chi connectivity index (χ3v) is 6.12. The summed E-state index contributed by atoms with van der Waals surface area (Å²) in [6.45, 7) is 3.85. The van der Waals surface area contributed by atoms with Gasteiger partial charge in [-0.15, -0.1) is 0 Å². The lowest BCUT2D eigenvalue weighted by Gasteiger charge is -2.25. The van der Waals surface area contributed by atoms with E-state index in [2.05, 4.69) is 4.98 Å². The molecule has 2 aromatic carbocycles. The molecule has 0 unspecified atom stereocenters. The number of imidazole rings is 1. The molecule has 1 N–H and O–H groups in total. The first-order valence-corrected chi connectivity index (χ1v) is 11.2. The van der Waals surface area contributed by atoms with Gasteiger partial charge in [0.2, 0.25) is 0 Å².